The van der Waals surface area contributed by atoms with E-state index in [1.165, 1.54) is 22.5 Å². The minimum absolute atomic E-state index is 0.359. The monoisotopic (exact) mass is 340 g/mol. The van der Waals surface area contributed by atoms with E-state index in [2.05, 4.69) is 52.3 Å². The van der Waals surface area contributed by atoms with E-state index in [0.29, 0.717) is 12.1 Å². The third-order valence-electron chi connectivity index (χ3n) is 5.39. The van der Waals surface area contributed by atoms with E-state index in [9.17, 15) is 0 Å². The number of rotatable bonds is 2. The van der Waals surface area contributed by atoms with Crippen LogP contribution in [0, 0.1) is 0 Å². The first-order valence-corrected chi connectivity index (χ1v) is 9.09. The molecule has 0 amide bonds. The molecular weight excluding hydrogens is 316 g/mol. The summed E-state index contributed by atoms with van der Waals surface area (Å²) in [7, 11) is 0. The average molecular weight is 340 g/mol. The molecule has 2 saturated heterocycles. The third-order valence-corrected chi connectivity index (χ3v) is 5.39. The first-order valence-electron chi connectivity index (χ1n) is 9.09. The Balaban J connectivity index is 1.55. The number of nitrogens with zero attached hydrogens (tertiary/aromatic N) is 3. The molecule has 0 bridgehead atoms. The van der Waals surface area contributed by atoms with Crippen molar-refractivity contribution < 1.29 is 4.74 Å². The van der Waals surface area contributed by atoms with E-state index in [1.807, 2.05) is 6.20 Å². The van der Waals surface area contributed by atoms with Crippen LogP contribution < -0.4 is 16.3 Å². The third kappa shape index (κ3) is 2.26. The zero-order valence-corrected chi connectivity index (χ0v) is 14.7. The lowest BCUT2D eigenvalue weighted by molar-refractivity contribution is 0.0406. The molecule has 1 aliphatic carbocycles. The van der Waals surface area contributed by atoms with E-state index in [4.69, 9.17) is 9.84 Å². The summed E-state index contributed by atoms with van der Waals surface area (Å²) in [6.07, 6.45) is 8.39. The molecule has 7 heteroatoms. The van der Waals surface area contributed by atoms with Gasteiger partial charge in [0, 0.05) is 31.0 Å². The maximum absolute atomic E-state index is 5.51. The van der Waals surface area contributed by atoms with Gasteiger partial charge in [-0.2, -0.15) is 5.10 Å². The summed E-state index contributed by atoms with van der Waals surface area (Å²) in [5.41, 5.74) is 17.1. The minimum atomic E-state index is 0.359. The van der Waals surface area contributed by atoms with Gasteiger partial charge in [-0.25, -0.2) is 0 Å². The maximum atomic E-state index is 5.51. The van der Waals surface area contributed by atoms with Crippen molar-refractivity contribution >= 4 is 5.71 Å². The van der Waals surface area contributed by atoms with E-state index >= 15 is 0 Å². The summed E-state index contributed by atoms with van der Waals surface area (Å²) >= 11 is 0. The quantitative estimate of drug-likeness (QED) is 0.700. The number of nitrogens with one attached hydrogen (secondary N) is 3. The van der Waals surface area contributed by atoms with Crippen molar-refractivity contribution in [3.63, 3.8) is 0 Å². The fourth-order valence-electron chi connectivity index (χ4n) is 4.07. The maximum Gasteiger partial charge on any atom is 0.0904 e. The van der Waals surface area contributed by atoms with Crippen molar-refractivity contribution in [1.29, 1.82) is 0 Å². The van der Waals surface area contributed by atoms with Crippen LogP contribution >= 0.6 is 0 Å². The second-order valence-corrected chi connectivity index (χ2v) is 7.28. The molecule has 0 aromatic heterocycles. The molecule has 5 aliphatic rings. The summed E-state index contributed by atoms with van der Waals surface area (Å²) < 4.78 is 5.51. The standard InChI is InChI=1S/C18H24N6O/c1-11(2)24-16-9-19-20-15-4-3-14-13(18(22-24)17(15)16)10-23(21-14)12-5-7-25-8-6-12/h3-4,9,11-12,19-20,22H,5-8,10H2,1-2H3. The van der Waals surface area contributed by atoms with Gasteiger partial charge in [0.15, 0.2) is 0 Å². The van der Waals surface area contributed by atoms with Gasteiger partial charge in [-0.1, -0.05) is 0 Å². The fourth-order valence-corrected chi connectivity index (χ4v) is 4.07. The van der Waals surface area contributed by atoms with Gasteiger partial charge in [0.1, 0.15) is 0 Å². The van der Waals surface area contributed by atoms with Gasteiger partial charge >= 0.3 is 0 Å². The Labute approximate surface area is 147 Å². The van der Waals surface area contributed by atoms with Gasteiger partial charge in [0.2, 0.25) is 0 Å². The molecule has 25 heavy (non-hydrogen) atoms. The second-order valence-electron chi connectivity index (χ2n) is 7.28. The molecule has 4 aliphatic heterocycles. The van der Waals surface area contributed by atoms with E-state index < -0.39 is 0 Å². The van der Waals surface area contributed by atoms with Crippen LogP contribution in [0.15, 0.2) is 51.7 Å². The van der Waals surface area contributed by atoms with Gasteiger partial charge < -0.3 is 15.6 Å². The van der Waals surface area contributed by atoms with Crippen LogP contribution in [0.2, 0.25) is 0 Å². The molecule has 132 valence electrons. The molecule has 5 rings (SSSR count). The smallest absolute Gasteiger partial charge is 0.0904 e. The summed E-state index contributed by atoms with van der Waals surface area (Å²) in [6, 6.07) is 0.837. The zero-order valence-electron chi connectivity index (χ0n) is 14.7. The lowest BCUT2D eigenvalue weighted by Crippen LogP contribution is -2.38. The van der Waals surface area contributed by atoms with Gasteiger partial charge in [-0.3, -0.25) is 15.4 Å². The first kappa shape index (κ1) is 14.9. The number of hydrazone groups is 1. The number of ether oxygens (including phenoxy) is 1. The number of hydrogen-bond donors (Lipinski definition) is 3. The lowest BCUT2D eigenvalue weighted by Gasteiger charge is -2.29. The van der Waals surface area contributed by atoms with Crippen LogP contribution in [0.3, 0.4) is 0 Å². The molecule has 4 heterocycles. The molecule has 0 atom stereocenters. The SMILES string of the molecule is CC(C)N1NC2=C3CN(C4CCOCC4)N=C3C=CC3=C2C1=CNN3. The van der Waals surface area contributed by atoms with Crippen molar-refractivity contribution in [2.45, 2.75) is 38.8 Å². The summed E-state index contributed by atoms with van der Waals surface area (Å²) in [5.74, 6) is 0. The lowest BCUT2D eigenvalue weighted by atomic mass is 10.0. The second kappa shape index (κ2) is 5.56. The van der Waals surface area contributed by atoms with Gasteiger partial charge in [-0.05, 0) is 38.8 Å². The van der Waals surface area contributed by atoms with Crippen LogP contribution in [-0.2, 0) is 4.74 Å². The van der Waals surface area contributed by atoms with Gasteiger partial charge in [-0.15, -0.1) is 0 Å². The van der Waals surface area contributed by atoms with Crippen molar-refractivity contribution in [2.75, 3.05) is 19.8 Å². The van der Waals surface area contributed by atoms with Crippen LogP contribution in [0.5, 0.6) is 0 Å². The normalized spacial score (nSPS) is 25.2. The predicted octanol–water partition coefficient (Wildman–Crippen LogP) is 1.09. The number of allylic oxidation sites excluding steroid dienone is 2. The van der Waals surface area contributed by atoms with E-state index in [0.717, 1.165) is 44.0 Å². The molecule has 7 nitrogen and oxygen atoms in total. The Hall–Kier alpha value is -2.41. The Morgan fingerprint density at radius 3 is 2.88 bits per heavy atom. The van der Waals surface area contributed by atoms with E-state index in [-0.39, 0.29) is 0 Å². The van der Waals surface area contributed by atoms with Crippen molar-refractivity contribution in [2.24, 2.45) is 5.10 Å². The first-order chi connectivity index (χ1) is 12.2. The number of hydrogen-bond acceptors (Lipinski definition) is 7. The highest BCUT2D eigenvalue weighted by Gasteiger charge is 2.39. The van der Waals surface area contributed by atoms with Crippen molar-refractivity contribution in [3.8, 4) is 0 Å². The Morgan fingerprint density at radius 1 is 1.24 bits per heavy atom. The highest BCUT2D eigenvalue weighted by Crippen LogP contribution is 2.38. The Morgan fingerprint density at radius 2 is 2.08 bits per heavy atom. The topological polar surface area (TPSA) is 64.2 Å². The predicted molar refractivity (Wildman–Crippen MR) is 95.6 cm³/mol. The molecule has 2 fully saturated rings. The number of hydrazine groups is 2. The Kier molecular flexibility index (Phi) is 3.31. The van der Waals surface area contributed by atoms with Crippen molar-refractivity contribution in [1.82, 2.24) is 26.3 Å². The molecule has 0 aromatic carbocycles. The number of fused-ring (bicyclic) bond motifs is 1. The van der Waals surface area contributed by atoms with Crippen molar-refractivity contribution in [3.05, 3.63) is 46.6 Å². The van der Waals surface area contributed by atoms with Crippen LogP contribution in [0.4, 0.5) is 0 Å². The largest absolute Gasteiger partial charge is 0.381 e. The van der Waals surface area contributed by atoms with Crippen LogP contribution in [-0.4, -0.2) is 47.6 Å². The molecule has 0 spiro atoms. The Bertz CT molecular complexity index is 754. The molecule has 0 unspecified atom stereocenters. The summed E-state index contributed by atoms with van der Waals surface area (Å²) in [5, 5.41) is 9.41. The molecule has 3 N–H and O–H groups in total. The highest BCUT2D eigenvalue weighted by molar-refractivity contribution is 6.11. The summed E-state index contributed by atoms with van der Waals surface area (Å²) in [4.78, 5) is 0. The molecule has 0 radical (unpaired) electrons. The van der Waals surface area contributed by atoms with Gasteiger partial charge in [0.05, 0.1) is 41.0 Å². The molecular formula is C18H24N6O. The van der Waals surface area contributed by atoms with Crippen LogP contribution in [0.1, 0.15) is 26.7 Å². The van der Waals surface area contributed by atoms with Gasteiger partial charge in [0.25, 0.3) is 0 Å². The van der Waals surface area contributed by atoms with Crippen LogP contribution in [0.25, 0.3) is 0 Å². The minimum Gasteiger partial charge on any atom is -0.381 e. The highest BCUT2D eigenvalue weighted by atomic mass is 16.5. The van der Waals surface area contributed by atoms with E-state index in [1.54, 1.807) is 0 Å². The molecule has 0 saturated carbocycles. The fraction of sp³-hybridized carbons (Fsp3) is 0.500. The summed E-state index contributed by atoms with van der Waals surface area (Å²) in [6.45, 7) is 6.92. The molecule has 0 aromatic rings. The zero-order chi connectivity index (χ0) is 17.0. The average Bonchev–Trinajstić information content (AvgIpc) is 3.19.